The van der Waals surface area contributed by atoms with E-state index in [1.165, 1.54) is 11.3 Å². The van der Waals surface area contributed by atoms with Crippen molar-refractivity contribution in [1.82, 2.24) is 10.2 Å². The average molecular weight is 361 g/mol. The summed E-state index contributed by atoms with van der Waals surface area (Å²) in [5, 5.41) is 12.3. The molecule has 25 heavy (non-hydrogen) atoms. The van der Waals surface area contributed by atoms with Crippen molar-refractivity contribution in [1.29, 1.82) is 0 Å². The van der Waals surface area contributed by atoms with Crippen LogP contribution in [0.2, 0.25) is 0 Å². The van der Waals surface area contributed by atoms with Crippen LogP contribution in [0.25, 0.3) is 0 Å². The zero-order valence-corrected chi connectivity index (χ0v) is 14.4. The van der Waals surface area contributed by atoms with Crippen molar-refractivity contribution in [2.45, 2.75) is 18.9 Å². The van der Waals surface area contributed by atoms with Crippen LogP contribution in [0, 0.1) is 0 Å². The van der Waals surface area contributed by atoms with E-state index in [2.05, 4.69) is 15.5 Å². The van der Waals surface area contributed by atoms with Crippen molar-refractivity contribution in [3.05, 3.63) is 23.2 Å². The summed E-state index contributed by atoms with van der Waals surface area (Å²) in [6, 6.07) is 5.45. The third-order valence-electron chi connectivity index (χ3n) is 4.17. The maximum Gasteiger partial charge on any atom is 0.245 e. The summed E-state index contributed by atoms with van der Waals surface area (Å²) in [6.07, 6.45) is 2.00. The Morgan fingerprint density at radius 2 is 2.32 bits per heavy atom. The number of amides is 1. The Balaban J connectivity index is 1.40. The Hall–Kier alpha value is -2.39. The molecule has 2 aliphatic heterocycles. The van der Waals surface area contributed by atoms with Gasteiger partial charge in [-0.1, -0.05) is 11.3 Å². The van der Waals surface area contributed by atoms with Crippen LogP contribution < -0.4 is 20.7 Å². The van der Waals surface area contributed by atoms with Gasteiger partial charge in [0.05, 0.1) is 18.8 Å². The van der Waals surface area contributed by atoms with Gasteiger partial charge in [0.1, 0.15) is 23.5 Å². The molecule has 8 nitrogen and oxygen atoms in total. The summed E-state index contributed by atoms with van der Waals surface area (Å²) in [7, 11) is 0. The van der Waals surface area contributed by atoms with Crippen LogP contribution in [-0.4, -0.2) is 42.4 Å². The summed E-state index contributed by atoms with van der Waals surface area (Å²) in [6.45, 7) is 2.13. The predicted octanol–water partition coefficient (Wildman–Crippen LogP) is 1.81. The first-order valence-corrected chi connectivity index (χ1v) is 9.03. The number of hydrogen-bond acceptors (Lipinski definition) is 8. The van der Waals surface area contributed by atoms with Gasteiger partial charge < -0.3 is 20.1 Å². The maximum atomic E-state index is 12.4. The van der Waals surface area contributed by atoms with E-state index < -0.39 is 0 Å². The van der Waals surface area contributed by atoms with E-state index in [4.69, 9.17) is 15.2 Å². The first kappa shape index (κ1) is 16.1. The van der Waals surface area contributed by atoms with Gasteiger partial charge >= 0.3 is 0 Å². The molecular weight excluding hydrogens is 342 g/mol. The highest BCUT2D eigenvalue weighted by atomic mass is 32.1. The van der Waals surface area contributed by atoms with Gasteiger partial charge in [0.2, 0.25) is 11.0 Å². The van der Waals surface area contributed by atoms with Crippen molar-refractivity contribution in [3.63, 3.8) is 0 Å². The minimum Gasteiger partial charge on any atom is -0.489 e. The fourth-order valence-electron chi connectivity index (χ4n) is 2.98. The summed E-state index contributed by atoms with van der Waals surface area (Å²) >= 11 is 1.37. The lowest BCUT2D eigenvalue weighted by atomic mass is 10.2. The summed E-state index contributed by atoms with van der Waals surface area (Å²) in [5.74, 6) is 0.565. The van der Waals surface area contributed by atoms with Crippen LogP contribution in [0.3, 0.4) is 0 Å². The van der Waals surface area contributed by atoms with E-state index in [9.17, 15) is 4.79 Å². The highest BCUT2D eigenvalue weighted by molar-refractivity contribution is 7.15. The highest BCUT2D eigenvalue weighted by Crippen LogP contribution is 2.34. The van der Waals surface area contributed by atoms with E-state index in [1.807, 2.05) is 11.0 Å². The quantitative estimate of drug-likeness (QED) is 0.801. The molecule has 0 radical (unpaired) electrons. The normalized spacial score (nSPS) is 19.4. The number of rotatable bonds is 4. The third kappa shape index (κ3) is 3.52. The Morgan fingerprint density at radius 3 is 3.16 bits per heavy atom. The molecule has 1 saturated heterocycles. The molecule has 9 heteroatoms. The molecule has 1 amide bonds. The van der Waals surface area contributed by atoms with Crippen molar-refractivity contribution in [3.8, 4) is 5.75 Å². The number of nitrogens with two attached hydrogens (primary N) is 1. The Labute approximate surface area is 148 Å². The molecule has 1 unspecified atom stereocenters. The minimum atomic E-state index is -0.139. The summed E-state index contributed by atoms with van der Waals surface area (Å²) in [4.78, 5) is 14.3. The number of nitrogens with zero attached hydrogens (tertiary/aromatic N) is 3. The molecule has 0 aliphatic carbocycles. The largest absolute Gasteiger partial charge is 0.489 e. The van der Waals surface area contributed by atoms with Crippen molar-refractivity contribution in [2.75, 3.05) is 42.3 Å². The minimum absolute atomic E-state index is 0.0136. The molecule has 1 aromatic heterocycles. The van der Waals surface area contributed by atoms with Crippen LogP contribution in [0.5, 0.6) is 5.75 Å². The fourth-order valence-corrected chi connectivity index (χ4v) is 3.82. The maximum absolute atomic E-state index is 12.4. The van der Waals surface area contributed by atoms with Gasteiger partial charge in [-0.3, -0.25) is 10.1 Å². The molecule has 1 fully saturated rings. The number of nitrogens with one attached hydrogen (secondary N) is 1. The van der Waals surface area contributed by atoms with Gasteiger partial charge in [-0.15, -0.1) is 10.2 Å². The molecule has 4 rings (SSSR count). The molecule has 2 aliphatic rings. The van der Waals surface area contributed by atoms with Gasteiger partial charge in [0.25, 0.3) is 0 Å². The second-order valence-corrected chi connectivity index (χ2v) is 7.00. The second kappa shape index (κ2) is 6.85. The molecule has 0 bridgehead atoms. The van der Waals surface area contributed by atoms with E-state index in [1.54, 1.807) is 12.1 Å². The zero-order valence-electron chi connectivity index (χ0n) is 13.6. The van der Waals surface area contributed by atoms with Gasteiger partial charge in [-0.05, 0) is 25.0 Å². The Bertz CT molecular complexity index is 775. The van der Waals surface area contributed by atoms with E-state index in [0.717, 1.165) is 30.1 Å². The molecule has 2 aromatic rings. The monoisotopic (exact) mass is 361 g/mol. The number of benzene rings is 1. The van der Waals surface area contributed by atoms with Crippen LogP contribution in [0.15, 0.2) is 18.2 Å². The first-order valence-electron chi connectivity index (χ1n) is 8.21. The molecule has 1 atom stereocenters. The van der Waals surface area contributed by atoms with Crippen molar-refractivity contribution < 1.29 is 14.3 Å². The zero-order chi connectivity index (χ0) is 17.2. The Morgan fingerprint density at radius 1 is 1.40 bits per heavy atom. The number of ether oxygens (including phenoxy) is 2. The number of carbonyl (C=O) groups is 1. The van der Waals surface area contributed by atoms with E-state index in [-0.39, 0.29) is 18.6 Å². The van der Waals surface area contributed by atoms with Crippen molar-refractivity contribution in [2.24, 2.45) is 0 Å². The lowest BCUT2D eigenvalue weighted by Gasteiger charge is -2.30. The lowest BCUT2D eigenvalue weighted by molar-refractivity contribution is -0.115. The van der Waals surface area contributed by atoms with Gasteiger partial charge in [0.15, 0.2) is 0 Å². The first-order chi connectivity index (χ1) is 12.2. The number of aromatic nitrogens is 2. The molecule has 3 heterocycles. The van der Waals surface area contributed by atoms with E-state index >= 15 is 0 Å². The summed E-state index contributed by atoms with van der Waals surface area (Å²) < 4.78 is 11.2. The van der Waals surface area contributed by atoms with Gasteiger partial charge in [-0.25, -0.2) is 0 Å². The van der Waals surface area contributed by atoms with Crippen LogP contribution in [0.1, 0.15) is 24.0 Å². The molecule has 3 N–H and O–H groups in total. The summed E-state index contributed by atoms with van der Waals surface area (Å²) in [5.41, 5.74) is 7.29. The standard InChI is InChI=1S/C16H19N5O3S/c17-10-3-4-11-13(8-10)24-7-5-21(11)9-14(22)18-16-20-19-15(25-16)12-2-1-6-23-12/h3-4,8,12H,1-2,5-7,9,17H2,(H,18,20,22). The number of nitrogen functional groups attached to an aromatic ring is 1. The number of carbonyl (C=O) groups excluding carboxylic acids is 1. The molecular formula is C16H19N5O3S. The number of hydrogen-bond donors (Lipinski definition) is 2. The Kier molecular flexibility index (Phi) is 4.41. The van der Waals surface area contributed by atoms with Crippen LogP contribution >= 0.6 is 11.3 Å². The molecule has 0 saturated carbocycles. The predicted molar refractivity (Wildman–Crippen MR) is 95.0 cm³/mol. The lowest BCUT2D eigenvalue weighted by Crippen LogP contribution is -2.38. The van der Waals surface area contributed by atoms with Gasteiger partial charge in [-0.2, -0.15) is 0 Å². The smallest absolute Gasteiger partial charge is 0.245 e. The second-order valence-electron chi connectivity index (χ2n) is 5.99. The third-order valence-corrected chi connectivity index (χ3v) is 5.10. The van der Waals surface area contributed by atoms with Crippen molar-refractivity contribution >= 4 is 33.8 Å². The van der Waals surface area contributed by atoms with Crippen LogP contribution in [0.4, 0.5) is 16.5 Å². The number of fused-ring (bicyclic) bond motifs is 1. The van der Waals surface area contributed by atoms with Gasteiger partial charge in [0, 0.05) is 18.4 Å². The van der Waals surface area contributed by atoms with E-state index in [0.29, 0.717) is 29.7 Å². The number of anilines is 3. The fraction of sp³-hybridized carbons (Fsp3) is 0.438. The molecule has 1 aromatic carbocycles. The SMILES string of the molecule is Nc1ccc2c(c1)OCCN2CC(=O)Nc1nnc(C2CCCO2)s1. The molecule has 132 valence electrons. The topological polar surface area (TPSA) is 103 Å². The molecule has 0 spiro atoms. The highest BCUT2D eigenvalue weighted by Gasteiger charge is 2.24. The van der Waals surface area contributed by atoms with Crippen LogP contribution in [-0.2, 0) is 9.53 Å². The average Bonchev–Trinajstić information content (AvgIpc) is 3.26.